The van der Waals surface area contributed by atoms with Gasteiger partial charge in [0.25, 0.3) is 5.56 Å². The zero-order chi connectivity index (χ0) is 19.3. The van der Waals surface area contributed by atoms with E-state index >= 15 is 0 Å². The number of hydrogen-bond donors (Lipinski definition) is 0. The van der Waals surface area contributed by atoms with Crippen molar-refractivity contribution in [1.29, 1.82) is 0 Å². The molecule has 28 heavy (non-hydrogen) atoms. The number of methoxy groups -OCH3 is 1. The van der Waals surface area contributed by atoms with Gasteiger partial charge in [0, 0.05) is 39.3 Å². The number of benzene rings is 2. The van der Waals surface area contributed by atoms with Gasteiger partial charge in [0.2, 0.25) is 0 Å². The Balaban J connectivity index is 1.25. The van der Waals surface area contributed by atoms with E-state index < -0.39 is 0 Å². The number of ether oxygens (including phenoxy) is 1. The van der Waals surface area contributed by atoms with Crippen molar-refractivity contribution >= 4 is 21.6 Å². The average molecular weight is 398 g/mol. The molecule has 0 N–H and O–H groups in total. The minimum Gasteiger partial charge on any atom is -0.497 e. The van der Waals surface area contributed by atoms with Crippen LogP contribution in [0.1, 0.15) is 12.0 Å². The number of nitrogens with zero attached hydrogens (tertiary/aromatic N) is 3. The summed E-state index contributed by atoms with van der Waals surface area (Å²) in [4.78, 5) is 17.6. The molecule has 6 heteroatoms. The molecule has 0 atom stereocenters. The topological polar surface area (TPSA) is 37.7 Å². The Morgan fingerprint density at radius 2 is 1.71 bits per heavy atom. The van der Waals surface area contributed by atoms with Gasteiger partial charge in [-0.25, -0.2) is 0 Å². The maximum atomic E-state index is 12.6. The van der Waals surface area contributed by atoms with Crippen LogP contribution in [0.15, 0.2) is 53.3 Å². The van der Waals surface area contributed by atoms with Crippen LogP contribution in [0.3, 0.4) is 0 Å². The van der Waals surface area contributed by atoms with Crippen LogP contribution in [0.25, 0.3) is 10.1 Å². The molecular weight excluding hydrogens is 370 g/mol. The van der Waals surface area contributed by atoms with E-state index in [9.17, 15) is 4.79 Å². The van der Waals surface area contributed by atoms with E-state index in [-0.39, 0.29) is 5.56 Å². The lowest BCUT2D eigenvalue weighted by Gasteiger charge is -2.34. The minimum absolute atomic E-state index is 0.103. The molecule has 1 saturated heterocycles. The van der Waals surface area contributed by atoms with Crippen molar-refractivity contribution in [2.45, 2.75) is 19.5 Å². The Morgan fingerprint density at radius 1 is 0.964 bits per heavy atom. The Hall–Kier alpha value is -2.15. The second-order valence-corrected chi connectivity index (χ2v) is 8.38. The molecule has 0 aliphatic carbocycles. The maximum absolute atomic E-state index is 12.6. The smallest absolute Gasteiger partial charge is 0.268 e. The number of hydrogen-bond acceptors (Lipinski definition) is 5. The van der Waals surface area contributed by atoms with E-state index in [4.69, 9.17) is 4.74 Å². The van der Waals surface area contributed by atoms with E-state index in [1.54, 1.807) is 18.6 Å². The van der Waals surface area contributed by atoms with Crippen molar-refractivity contribution < 1.29 is 4.74 Å². The molecule has 0 saturated carbocycles. The van der Waals surface area contributed by atoms with E-state index in [0.717, 1.165) is 68.1 Å². The van der Waals surface area contributed by atoms with Crippen molar-refractivity contribution in [3.63, 3.8) is 0 Å². The Kier molecular flexibility index (Phi) is 6.10. The van der Waals surface area contributed by atoms with Crippen molar-refractivity contribution in [2.24, 2.45) is 0 Å². The monoisotopic (exact) mass is 397 g/mol. The second kappa shape index (κ2) is 8.90. The number of fused-ring (bicyclic) bond motifs is 1. The standard InChI is InChI=1S/C22H27N3O2S/c1-27-19-8-9-21-20(16-19)22(26)25(28-21)11-5-10-23-12-14-24(15-13-23)17-18-6-3-2-4-7-18/h2-4,6-9,16H,5,10-15,17H2,1H3. The molecule has 5 nitrogen and oxygen atoms in total. The summed E-state index contributed by atoms with van der Waals surface area (Å²) in [5, 5.41) is 0.763. The first-order valence-corrected chi connectivity index (χ1v) is 10.7. The molecule has 0 spiro atoms. The van der Waals surface area contributed by atoms with Gasteiger partial charge in [0.05, 0.1) is 17.2 Å². The van der Waals surface area contributed by atoms with Gasteiger partial charge in [-0.1, -0.05) is 41.9 Å². The normalized spacial score (nSPS) is 15.9. The third-order valence-corrected chi connectivity index (χ3v) is 6.52. The highest BCUT2D eigenvalue weighted by Gasteiger charge is 2.17. The van der Waals surface area contributed by atoms with Crippen molar-refractivity contribution in [3.8, 4) is 5.75 Å². The first-order chi connectivity index (χ1) is 13.7. The lowest BCUT2D eigenvalue weighted by molar-refractivity contribution is 0.125. The van der Waals surface area contributed by atoms with Gasteiger partial charge in [-0.3, -0.25) is 13.7 Å². The summed E-state index contributed by atoms with van der Waals surface area (Å²) >= 11 is 1.55. The van der Waals surface area contributed by atoms with E-state index in [1.165, 1.54) is 5.56 Å². The van der Waals surface area contributed by atoms with Crippen LogP contribution in [0.2, 0.25) is 0 Å². The van der Waals surface area contributed by atoms with E-state index in [2.05, 4.69) is 40.1 Å². The maximum Gasteiger partial charge on any atom is 0.268 e. The van der Waals surface area contributed by atoms with Gasteiger partial charge in [-0.05, 0) is 36.7 Å². The summed E-state index contributed by atoms with van der Waals surface area (Å²) in [6.07, 6.45) is 1.00. The van der Waals surface area contributed by atoms with Crippen LogP contribution in [0.5, 0.6) is 5.75 Å². The quantitative estimate of drug-likeness (QED) is 0.613. The van der Waals surface area contributed by atoms with Crippen molar-refractivity contribution in [2.75, 3.05) is 39.8 Å². The zero-order valence-corrected chi connectivity index (χ0v) is 17.2. The molecule has 0 bridgehead atoms. The van der Waals surface area contributed by atoms with Gasteiger partial charge in [-0.15, -0.1) is 0 Å². The molecule has 1 aliphatic rings. The third kappa shape index (κ3) is 4.46. The molecule has 2 heterocycles. The molecule has 0 radical (unpaired) electrons. The molecule has 3 aromatic rings. The third-order valence-electron chi connectivity index (χ3n) is 5.40. The minimum atomic E-state index is 0.103. The first-order valence-electron chi connectivity index (χ1n) is 9.89. The molecule has 4 rings (SSSR count). The van der Waals surface area contributed by atoms with E-state index in [1.807, 2.05) is 22.2 Å². The fraction of sp³-hybridized carbons (Fsp3) is 0.409. The molecule has 0 unspecified atom stereocenters. The van der Waals surface area contributed by atoms with Crippen LogP contribution in [-0.2, 0) is 13.1 Å². The highest BCUT2D eigenvalue weighted by molar-refractivity contribution is 7.13. The molecule has 2 aromatic carbocycles. The van der Waals surface area contributed by atoms with Gasteiger partial charge in [0.1, 0.15) is 5.75 Å². The van der Waals surface area contributed by atoms with Gasteiger partial charge >= 0.3 is 0 Å². The molecule has 1 aromatic heterocycles. The highest BCUT2D eigenvalue weighted by atomic mass is 32.1. The predicted molar refractivity (Wildman–Crippen MR) is 115 cm³/mol. The Bertz CT molecular complexity index is 959. The zero-order valence-electron chi connectivity index (χ0n) is 16.3. The summed E-state index contributed by atoms with van der Waals surface area (Å²) in [7, 11) is 1.63. The predicted octanol–water partition coefficient (Wildman–Crippen LogP) is 3.28. The average Bonchev–Trinajstić information content (AvgIpc) is 3.05. The van der Waals surface area contributed by atoms with Crippen LogP contribution in [-0.4, -0.2) is 53.6 Å². The molecule has 148 valence electrons. The summed E-state index contributed by atoms with van der Waals surface area (Å²) in [6.45, 7) is 7.29. The van der Waals surface area contributed by atoms with Crippen molar-refractivity contribution in [1.82, 2.24) is 13.8 Å². The van der Waals surface area contributed by atoms with Crippen LogP contribution < -0.4 is 10.3 Å². The first kappa shape index (κ1) is 19.2. The lowest BCUT2D eigenvalue weighted by atomic mass is 10.2. The second-order valence-electron chi connectivity index (χ2n) is 7.32. The van der Waals surface area contributed by atoms with Crippen LogP contribution in [0.4, 0.5) is 0 Å². The van der Waals surface area contributed by atoms with Crippen LogP contribution >= 0.6 is 11.5 Å². The molecule has 1 aliphatic heterocycles. The number of aromatic nitrogens is 1. The SMILES string of the molecule is COc1ccc2sn(CCCN3CCN(Cc4ccccc4)CC3)c(=O)c2c1. The molecule has 1 fully saturated rings. The fourth-order valence-corrected chi connectivity index (χ4v) is 4.79. The highest BCUT2D eigenvalue weighted by Crippen LogP contribution is 2.22. The summed E-state index contributed by atoms with van der Waals surface area (Å²) in [5.74, 6) is 0.739. The molecular formula is C22H27N3O2S. The fourth-order valence-electron chi connectivity index (χ4n) is 3.78. The molecule has 0 amide bonds. The lowest BCUT2D eigenvalue weighted by Crippen LogP contribution is -2.46. The number of piperazine rings is 1. The summed E-state index contributed by atoms with van der Waals surface area (Å²) in [5.41, 5.74) is 1.49. The summed E-state index contributed by atoms with van der Waals surface area (Å²) in [6, 6.07) is 16.4. The Morgan fingerprint density at radius 3 is 2.46 bits per heavy atom. The largest absolute Gasteiger partial charge is 0.497 e. The van der Waals surface area contributed by atoms with Gasteiger partial charge in [-0.2, -0.15) is 0 Å². The number of rotatable bonds is 7. The van der Waals surface area contributed by atoms with Crippen molar-refractivity contribution in [3.05, 3.63) is 64.4 Å². The Labute approximate surface area is 169 Å². The van der Waals surface area contributed by atoms with Crippen LogP contribution in [0, 0.1) is 0 Å². The van der Waals surface area contributed by atoms with Gasteiger partial charge < -0.3 is 9.64 Å². The van der Waals surface area contributed by atoms with Gasteiger partial charge in [0.15, 0.2) is 0 Å². The van der Waals surface area contributed by atoms with E-state index in [0.29, 0.717) is 0 Å². The summed E-state index contributed by atoms with van der Waals surface area (Å²) < 4.78 is 8.15. The number of aryl methyl sites for hydroxylation is 1.